The molecule has 0 atom stereocenters. The summed E-state index contributed by atoms with van der Waals surface area (Å²) in [6.45, 7) is 2.00. The van der Waals surface area contributed by atoms with E-state index in [4.69, 9.17) is 11.6 Å². The predicted octanol–water partition coefficient (Wildman–Crippen LogP) is 3.88. The number of hydrogen-bond acceptors (Lipinski definition) is 2. The van der Waals surface area contributed by atoms with Crippen molar-refractivity contribution in [1.29, 1.82) is 0 Å². The summed E-state index contributed by atoms with van der Waals surface area (Å²) in [5, 5.41) is 4.80. The van der Waals surface area contributed by atoms with E-state index in [2.05, 4.69) is 10.5 Å². The van der Waals surface area contributed by atoms with Gasteiger partial charge in [0.2, 0.25) is 0 Å². The second-order valence-electron chi connectivity index (χ2n) is 4.23. The van der Waals surface area contributed by atoms with E-state index in [0.717, 1.165) is 17.7 Å². The lowest BCUT2D eigenvalue weighted by atomic mass is 10.1. The molecule has 0 radical (unpaired) electrons. The molecule has 0 aliphatic carbocycles. The molecule has 0 saturated carbocycles. The molecule has 1 amide bonds. The highest BCUT2D eigenvalue weighted by Gasteiger charge is 2.05. The summed E-state index contributed by atoms with van der Waals surface area (Å²) in [4.78, 5) is 11.9. The Morgan fingerprint density at radius 1 is 1.05 bits per heavy atom. The molecule has 0 aromatic heterocycles. The third kappa shape index (κ3) is 3.68. The molecule has 102 valence electrons. The summed E-state index contributed by atoms with van der Waals surface area (Å²) in [6, 6.07) is 16.5. The van der Waals surface area contributed by atoms with E-state index in [1.165, 1.54) is 0 Å². The Kier molecular flexibility index (Phi) is 4.91. The van der Waals surface area contributed by atoms with Crippen molar-refractivity contribution >= 4 is 23.2 Å². The SMILES string of the molecule is CC/C(=N\NC(=O)c1ccc(Cl)cc1)c1ccccc1. The molecule has 3 nitrogen and oxygen atoms in total. The molecule has 20 heavy (non-hydrogen) atoms. The van der Waals surface area contributed by atoms with Gasteiger partial charge in [-0.2, -0.15) is 5.10 Å². The van der Waals surface area contributed by atoms with Crippen LogP contribution in [-0.2, 0) is 0 Å². The number of carbonyl (C=O) groups excluding carboxylic acids is 1. The highest BCUT2D eigenvalue weighted by molar-refractivity contribution is 6.30. The monoisotopic (exact) mass is 286 g/mol. The predicted molar refractivity (Wildman–Crippen MR) is 82.2 cm³/mol. The van der Waals surface area contributed by atoms with Gasteiger partial charge in [0.15, 0.2) is 0 Å². The second kappa shape index (κ2) is 6.87. The van der Waals surface area contributed by atoms with Crippen molar-refractivity contribution in [3.8, 4) is 0 Å². The first kappa shape index (κ1) is 14.3. The molecular weight excluding hydrogens is 272 g/mol. The topological polar surface area (TPSA) is 41.5 Å². The van der Waals surface area contributed by atoms with E-state index in [1.54, 1.807) is 24.3 Å². The molecule has 1 N–H and O–H groups in total. The van der Waals surface area contributed by atoms with Crippen molar-refractivity contribution in [3.63, 3.8) is 0 Å². The number of rotatable bonds is 4. The highest BCUT2D eigenvalue weighted by Crippen LogP contribution is 2.09. The summed E-state index contributed by atoms with van der Waals surface area (Å²) >= 11 is 5.79. The van der Waals surface area contributed by atoms with E-state index < -0.39 is 0 Å². The third-order valence-corrected chi connectivity index (χ3v) is 3.09. The highest BCUT2D eigenvalue weighted by atomic mass is 35.5. The smallest absolute Gasteiger partial charge is 0.267 e. The average Bonchev–Trinajstić information content (AvgIpc) is 2.49. The van der Waals surface area contributed by atoms with Crippen molar-refractivity contribution in [1.82, 2.24) is 5.43 Å². The fourth-order valence-corrected chi connectivity index (χ4v) is 1.89. The molecule has 0 fully saturated rings. The summed E-state index contributed by atoms with van der Waals surface area (Å²) in [7, 11) is 0. The number of amides is 1. The van der Waals surface area contributed by atoms with Gasteiger partial charge in [-0.05, 0) is 36.2 Å². The van der Waals surface area contributed by atoms with Crippen LogP contribution in [0.25, 0.3) is 0 Å². The largest absolute Gasteiger partial charge is 0.271 e. The van der Waals surface area contributed by atoms with Crippen LogP contribution in [0.3, 0.4) is 0 Å². The summed E-state index contributed by atoms with van der Waals surface area (Å²) in [6.07, 6.45) is 0.741. The minimum Gasteiger partial charge on any atom is -0.267 e. The van der Waals surface area contributed by atoms with Gasteiger partial charge in [-0.1, -0.05) is 48.9 Å². The third-order valence-electron chi connectivity index (χ3n) is 2.84. The van der Waals surface area contributed by atoms with Crippen LogP contribution in [0.5, 0.6) is 0 Å². The molecule has 0 heterocycles. The number of hydrazone groups is 1. The van der Waals surface area contributed by atoms with E-state index in [-0.39, 0.29) is 5.91 Å². The van der Waals surface area contributed by atoms with E-state index in [0.29, 0.717) is 10.6 Å². The van der Waals surface area contributed by atoms with Gasteiger partial charge in [0.1, 0.15) is 0 Å². The number of nitrogens with zero attached hydrogens (tertiary/aromatic N) is 1. The van der Waals surface area contributed by atoms with Crippen molar-refractivity contribution in [2.45, 2.75) is 13.3 Å². The number of carbonyl (C=O) groups is 1. The Morgan fingerprint density at radius 2 is 1.70 bits per heavy atom. The number of hydrogen-bond donors (Lipinski definition) is 1. The Labute approximate surface area is 123 Å². The molecule has 0 aliphatic rings. The number of benzene rings is 2. The van der Waals surface area contributed by atoms with Gasteiger partial charge in [0.25, 0.3) is 5.91 Å². The van der Waals surface area contributed by atoms with E-state index >= 15 is 0 Å². The molecule has 0 saturated heterocycles. The summed E-state index contributed by atoms with van der Waals surface area (Å²) < 4.78 is 0. The Bertz CT molecular complexity index is 606. The molecular formula is C16H15ClN2O. The van der Waals surface area contributed by atoms with Gasteiger partial charge in [-0.15, -0.1) is 0 Å². The molecule has 0 aliphatic heterocycles. The van der Waals surface area contributed by atoms with Crippen LogP contribution < -0.4 is 5.43 Å². The molecule has 2 rings (SSSR count). The maximum Gasteiger partial charge on any atom is 0.271 e. The fraction of sp³-hybridized carbons (Fsp3) is 0.125. The molecule has 4 heteroatoms. The number of nitrogens with one attached hydrogen (secondary N) is 1. The zero-order chi connectivity index (χ0) is 14.4. The molecule has 2 aromatic rings. The quantitative estimate of drug-likeness (QED) is 0.672. The van der Waals surface area contributed by atoms with Crippen molar-refractivity contribution in [2.24, 2.45) is 5.10 Å². The van der Waals surface area contributed by atoms with Crippen LogP contribution in [0.15, 0.2) is 59.7 Å². The number of halogens is 1. The van der Waals surface area contributed by atoms with Gasteiger partial charge in [0.05, 0.1) is 5.71 Å². The Morgan fingerprint density at radius 3 is 2.30 bits per heavy atom. The Hall–Kier alpha value is -2.13. The molecule has 2 aromatic carbocycles. The van der Waals surface area contributed by atoms with Crippen LogP contribution >= 0.6 is 11.6 Å². The lowest BCUT2D eigenvalue weighted by Crippen LogP contribution is -2.19. The van der Waals surface area contributed by atoms with Crippen LogP contribution in [0.1, 0.15) is 29.3 Å². The first-order chi connectivity index (χ1) is 9.70. The Balaban J connectivity index is 2.11. The maximum atomic E-state index is 11.9. The zero-order valence-electron chi connectivity index (χ0n) is 11.1. The fourth-order valence-electron chi connectivity index (χ4n) is 1.76. The zero-order valence-corrected chi connectivity index (χ0v) is 11.9. The van der Waals surface area contributed by atoms with Crippen molar-refractivity contribution < 1.29 is 4.79 Å². The van der Waals surface area contributed by atoms with Crippen LogP contribution in [0.4, 0.5) is 0 Å². The van der Waals surface area contributed by atoms with Crippen molar-refractivity contribution in [3.05, 3.63) is 70.7 Å². The maximum absolute atomic E-state index is 11.9. The van der Waals surface area contributed by atoms with Gasteiger partial charge >= 0.3 is 0 Å². The molecule has 0 bridgehead atoms. The van der Waals surface area contributed by atoms with Gasteiger partial charge in [-0.25, -0.2) is 5.43 Å². The van der Waals surface area contributed by atoms with Gasteiger partial charge in [0, 0.05) is 10.6 Å². The van der Waals surface area contributed by atoms with Crippen LogP contribution in [-0.4, -0.2) is 11.6 Å². The molecule has 0 unspecified atom stereocenters. The summed E-state index contributed by atoms with van der Waals surface area (Å²) in [5.74, 6) is -0.247. The van der Waals surface area contributed by atoms with Gasteiger partial charge in [-0.3, -0.25) is 4.79 Å². The standard InChI is InChI=1S/C16H15ClN2O/c1-2-15(12-6-4-3-5-7-12)18-19-16(20)13-8-10-14(17)11-9-13/h3-11H,2H2,1H3,(H,19,20)/b18-15+. The second-order valence-corrected chi connectivity index (χ2v) is 4.66. The van der Waals surface area contributed by atoms with Crippen LogP contribution in [0, 0.1) is 0 Å². The first-order valence-corrected chi connectivity index (χ1v) is 6.76. The van der Waals surface area contributed by atoms with E-state index in [9.17, 15) is 4.79 Å². The lowest BCUT2D eigenvalue weighted by molar-refractivity contribution is 0.0955. The van der Waals surface area contributed by atoms with E-state index in [1.807, 2.05) is 37.3 Å². The summed E-state index contributed by atoms with van der Waals surface area (Å²) in [5.41, 5.74) is 4.95. The lowest BCUT2D eigenvalue weighted by Gasteiger charge is -2.05. The minimum atomic E-state index is -0.247. The average molecular weight is 287 g/mol. The first-order valence-electron chi connectivity index (χ1n) is 6.38. The van der Waals surface area contributed by atoms with Gasteiger partial charge < -0.3 is 0 Å². The minimum absolute atomic E-state index is 0.247. The van der Waals surface area contributed by atoms with Crippen LogP contribution in [0.2, 0.25) is 5.02 Å². The normalized spacial score (nSPS) is 11.2. The van der Waals surface area contributed by atoms with Crippen molar-refractivity contribution in [2.75, 3.05) is 0 Å². The molecule has 0 spiro atoms.